The summed E-state index contributed by atoms with van der Waals surface area (Å²) >= 11 is 5.71. The highest BCUT2D eigenvalue weighted by molar-refractivity contribution is 6.30. The molecule has 0 spiro atoms. The quantitative estimate of drug-likeness (QED) is 0.643. The standard InChI is InChI=1S/C11H12ClF2NO3/c1-2-17-10(15)9(16)6-3-7(12)5-8(4-6)18-11(13)14/h3-5,9,11,15-16H,2H2,1H3/t9-/m1/s1. The fourth-order valence-corrected chi connectivity index (χ4v) is 1.53. The van der Waals surface area contributed by atoms with Gasteiger partial charge in [-0.25, -0.2) is 0 Å². The first-order valence-corrected chi connectivity index (χ1v) is 5.46. The molecule has 2 N–H and O–H groups in total. The lowest BCUT2D eigenvalue weighted by molar-refractivity contribution is -0.0499. The van der Waals surface area contributed by atoms with Crippen molar-refractivity contribution >= 4 is 17.5 Å². The fourth-order valence-electron chi connectivity index (χ4n) is 1.30. The maximum atomic E-state index is 12.1. The van der Waals surface area contributed by atoms with Crippen LogP contribution < -0.4 is 4.74 Å². The van der Waals surface area contributed by atoms with Crippen LogP contribution in [0.2, 0.25) is 5.02 Å². The summed E-state index contributed by atoms with van der Waals surface area (Å²) in [7, 11) is 0. The molecule has 1 atom stereocenters. The van der Waals surface area contributed by atoms with E-state index in [0.29, 0.717) is 0 Å². The molecular weight excluding hydrogens is 268 g/mol. The van der Waals surface area contributed by atoms with Gasteiger partial charge in [-0.05, 0) is 30.7 Å². The summed E-state index contributed by atoms with van der Waals surface area (Å²) in [4.78, 5) is 0. The molecule has 18 heavy (non-hydrogen) atoms. The lowest BCUT2D eigenvalue weighted by atomic mass is 10.1. The van der Waals surface area contributed by atoms with E-state index in [9.17, 15) is 13.9 Å². The molecule has 1 aromatic rings. The average Bonchev–Trinajstić information content (AvgIpc) is 2.26. The molecule has 0 amide bonds. The van der Waals surface area contributed by atoms with Crippen molar-refractivity contribution in [3.63, 3.8) is 0 Å². The molecule has 0 aliphatic rings. The monoisotopic (exact) mass is 279 g/mol. The van der Waals surface area contributed by atoms with E-state index in [1.165, 1.54) is 18.2 Å². The summed E-state index contributed by atoms with van der Waals surface area (Å²) in [6, 6.07) is 3.71. The van der Waals surface area contributed by atoms with E-state index in [4.69, 9.17) is 21.7 Å². The fraction of sp³-hybridized carbons (Fsp3) is 0.364. The number of aliphatic hydroxyl groups is 1. The van der Waals surface area contributed by atoms with Crippen LogP contribution in [0.25, 0.3) is 0 Å². The summed E-state index contributed by atoms with van der Waals surface area (Å²) in [5.41, 5.74) is 0.150. The molecule has 0 saturated heterocycles. The number of halogens is 3. The summed E-state index contributed by atoms with van der Waals surface area (Å²) in [5, 5.41) is 17.3. The zero-order valence-corrected chi connectivity index (χ0v) is 10.2. The molecule has 0 heterocycles. The minimum Gasteiger partial charge on any atom is -0.479 e. The van der Waals surface area contributed by atoms with Crippen molar-refractivity contribution in [2.45, 2.75) is 19.6 Å². The van der Waals surface area contributed by atoms with Gasteiger partial charge in [0.1, 0.15) is 5.75 Å². The third-order valence-electron chi connectivity index (χ3n) is 1.98. The number of ether oxygens (including phenoxy) is 2. The van der Waals surface area contributed by atoms with E-state index in [1.807, 2.05) is 0 Å². The van der Waals surface area contributed by atoms with Gasteiger partial charge >= 0.3 is 6.61 Å². The number of benzene rings is 1. The molecule has 0 saturated carbocycles. The Morgan fingerprint density at radius 3 is 2.67 bits per heavy atom. The molecule has 1 aromatic carbocycles. The van der Waals surface area contributed by atoms with Gasteiger partial charge < -0.3 is 14.6 Å². The van der Waals surface area contributed by atoms with Gasteiger partial charge in [-0.3, -0.25) is 5.41 Å². The Hall–Kier alpha value is -1.40. The summed E-state index contributed by atoms with van der Waals surface area (Å²) < 4.78 is 33.1. The topological polar surface area (TPSA) is 62.5 Å². The number of aliphatic hydroxyl groups excluding tert-OH is 1. The van der Waals surface area contributed by atoms with Crippen LogP contribution in [0.1, 0.15) is 18.6 Å². The second-order valence-corrected chi connectivity index (χ2v) is 3.74. The van der Waals surface area contributed by atoms with E-state index in [-0.39, 0.29) is 28.8 Å². The SMILES string of the molecule is CCOC(=N)[C@H](O)c1cc(Cl)cc(OC(F)F)c1. The van der Waals surface area contributed by atoms with Gasteiger partial charge in [0.2, 0.25) is 5.90 Å². The van der Waals surface area contributed by atoms with E-state index in [2.05, 4.69) is 4.74 Å². The minimum atomic E-state index is -2.99. The van der Waals surface area contributed by atoms with Crippen LogP contribution in [0, 0.1) is 5.41 Å². The first-order chi connectivity index (χ1) is 8.43. The number of hydrogen-bond acceptors (Lipinski definition) is 4. The minimum absolute atomic E-state index is 0.117. The molecule has 0 aliphatic heterocycles. The maximum absolute atomic E-state index is 12.1. The number of alkyl halides is 2. The average molecular weight is 280 g/mol. The number of hydrogen-bond donors (Lipinski definition) is 2. The number of nitrogens with one attached hydrogen (secondary N) is 1. The van der Waals surface area contributed by atoms with E-state index in [1.54, 1.807) is 6.92 Å². The molecule has 1 rings (SSSR count). The summed E-state index contributed by atoms with van der Waals surface area (Å²) in [6.45, 7) is -1.11. The van der Waals surface area contributed by atoms with Gasteiger partial charge in [0.05, 0.1) is 6.61 Å². The molecule has 0 bridgehead atoms. The lowest BCUT2D eigenvalue weighted by Crippen LogP contribution is -2.15. The van der Waals surface area contributed by atoms with Gasteiger partial charge in [0.15, 0.2) is 6.10 Å². The van der Waals surface area contributed by atoms with Crippen molar-refractivity contribution in [2.24, 2.45) is 0 Å². The highest BCUT2D eigenvalue weighted by atomic mass is 35.5. The molecule has 100 valence electrons. The Labute approximate surface area is 108 Å². The Balaban J connectivity index is 2.94. The van der Waals surface area contributed by atoms with Crippen LogP contribution in [0.3, 0.4) is 0 Å². The zero-order valence-electron chi connectivity index (χ0n) is 9.49. The third-order valence-corrected chi connectivity index (χ3v) is 2.20. The van der Waals surface area contributed by atoms with Crippen LogP contribution in [0.4, 0.5) is 8.78 Å². The van der Waals surface area contributed by atoms with E-state index >= 15 is 0 Å². The second-order valence-electron chi connectivity index (χ2n) is 3.30. The first kappa shape index (κ1) is 14.7. The van der Waals surface area contributed by atoms with Crippen molar-refractivity contribution in [1.29, 1.82) is 5.41 Å². The molecule has 4 nitrogen and oxygen atoms in total. The first-order valence-electron chi connectivity index (χ1n) is 5.08. The Kier molecular flexibility index (Phi) is 5.30. The van der Waals surface area contributed by atoms with E-state index in [0.717, 1.165) is 0 Å². The maximum Gasteiger partial charge on any atom is 0.387 e. The second kappa shape index (κ2) is 6.51. The highest BCUT2D eigenvalue weighted by Gasteiger charge is 2.17. The largest absolute Gasteiger partial charge is 0.479 e. The molecule has 7 heteroatoms. The summed E-state index contributed by atoms with van der Waals surface area (Å²) in [6.07, 6.45) is -1.37. The van der Waals surface area contributed by atoms with Crippen molar-refractivity contribution in [3.05, 3.63) is 28.8 Å². The van der Waals surface area contributed by atoms with Crippen molar-refractivity contribution in [3.8, 4) is 5.75 Å². The Morgan fingerprint density at radius 1 is 1.44 bits per heavy atom. The van der Waals surface area contributed by atoms with Gasteiger partial charge in [0, 0.05) is 5.02 Å². The van der Waals surface area contributed by atoms with Crippen molar-refractivity contribution < 1.29 is 23.4 Å². The van der Waals surface area contributed by atoms with E-state index < -0.39 is 12.7 Å². The number of rotatable bonds is 5. The molecular formula is C11H12ClF2NO3. The van der Waals surface area contributed by atoms with Crippen LogP contribution in [0.5, 0.6) is 5.75 Å². The smallest absolute Gasteiger partial charge is 0.387 e. The predicted octanol–water partition coefficient (Wildman–Crippen LogP) is 2.99. The van der Waals surface area contributed by atoms with Gasteiger partial charge in [-0.1, -0.05) is 11.6 Å². The van der Waals surface area contributed by atoms with Crippen LogP contribution >= 0.6 is 11.6 Å². The summed E-state index contributed by atoms with van der Waals surface area (Å²) in [5.74, 6) is -0.571. The lowest BCUT2D eigenvalue weighted by Gasteiger charge is -2.14. The predicted molar refractivity (Wildman–Crippen MR) is 62.4 cm³/mol. The Morgan fingerprint density at radius 2 is 2.11 bits per heavy atom. The molecule has 0 aromatic heterocycles. The van der Waals surface area contributed by atoms with Crippen LogP contribution in [0.15, 0.2) is 18.2 Å². The van der Waals surface area contributed by atoms with Crippen molar-refractivity contribution in [2.75, 3.05) is 6.61 Å². The highest BCUT2D eigenvalue weighted by Crippen LogP contribution is 2.26. The van der Waals surface area contributed by atoms with Crippen LogP contribution in [-0.2, 0) is 4.74 Å². The van der Waals surface area contributed by atoms with Gasteiger partial charge in [-0.2, -0.15) is 8.78 Å². The Bertz CT molecular complexity index is 429. The third kappa shape index (κ3) is 4.12. The van der Waals surface area contributed by atoms with Crippen molar-refractivity contribution in [1.82, 2.24) is 0 Å². The molecule has 0 unspecified atom stereocenters. The molecule has 0 radical (unpaired) electrons. The normalized spacial score (nSPS) is 12.3. The molecule has 0 aliphatic carbocycles. The van der Waals surface area contributed by atoms with Crippen LogP contribution in [-0.4, -0.2) is 24.2 Å². The van der Waals surface area contributed by atoms with Gasteiger partial charge in [-0.15, -0.1) is 0 Å². The van der Waals surface area contributed by atoms with Gasteiger partial charge in [0.25, 0.3) is 0 Å². The zero-order chi connectivity index (χ0) is 13.7. The molecule has 0 fully saturated rings.